The van der Waals surface area contributed by atoms with Gasteiger partial charge in [-0.25, -0.2) is 9.69 Å². The van der Waals surface area contributed by atoms with Gasteiger partial charge in [-0.3, -0.25) is 9.59 Å². The van der Waals surface area contributed by atoms with Crippen molar-refractivity contribution in [3.05, 3.63) is 12.1 Å². The van der Waals surface area contributed by atoms with Crippen LogP contribution in [0.1, 0.15) is 38.5 Å². The molecule has 4 rings (SSSR count). The van der Waals surface area contributed by atoms with Gasteiger partial charge in [-0.2, -0.15) is 0 Å². The molecule has 10 nitrogen and oxygen atoms in total. The summed E-state index contributed by atoms with van der Waals surface area (Å²) in [5.41, 5.74) is 0.282. The van der Waals surface area contributed by atoms with Crippen LogP contribution in [0.5, 0.6) is 17.2 Å². The Kier molecular flexibility index (Phi) is 7.69. The third kappa shape index (κ3) is 5.03. The molecule has 10 heteroatoms. The Balaban J connectivity index is 1.42. The number of piperidine rings is 2. The number of nitrogens with zero attached hydrogens (tertiary/aromatic N) is 3. The van der Waals surface area contributed by atoms with Crippen LogP contribution >= 0.6 is 0 Å². The molecule has 0 aliphatic carbocycles. The van der Waals surface area contributed by atoms with Gasteiger partial charge in [0.05, 0.1) is 33.4 Å². The quantitative estimate of drug-likeness (QED) is 0.560. The predicted octanol–water partition coefficient (Wildman–Crippen LogP) is 2.25. The Morgan fingerprint density at radius 1 is 1.03 bits per heavy atom. The summed E-state index contributed by atoms with van der Waals surface area (Å²) < 4.78 is 16.0. The fraction of sp³-hybridized carbons (Fsp3) is 0.640. The molecule has 4 amide bonds. The van der Waals surface area contributed by atoms with E-state index in [-0.39, 0.29) is 18.0 Å². The van der Waals surface area contributed by atoms with Gasteiger partial charge in [0, 0.05) is 31.8 Å². The number of nitrogens with one attached hydrogen (secondary N) is 1. The largest absolute Gasteiger partial charge is 0.493 e. The van der Waals surface area contributed by atoms with E-state index in [9.17, 15) is 14.4 Å². The maximum Gasteiger partial charge on any atom is 0.329 e. The fourth-order valence-electron chi connectivity index (χ4n) is 5.68. The average Bonchev–Trinajstić information content (AvgIpc) is 3.15. The van der Waals surface area contributed by atoms with E-state index in [0.717, 1.165) is 30.8 Å². The average molecular weight is 489 g/mol. The predicted molar refractivity (Wildman–Crippen MR) is 130 cm³/mol. The number of hydrogen-bond donors (Lipinski definition) is 1. The molecule has 1 aromatic carbocycles. The van der Waals surface area contributed by atoms with Crippen LogP contribution in [0.25, 0.3) is 0 Å². The maximum absolute atomic E-state index is 13.2. The van der Waals surface area contributed by atoms with Crippen molar-refractivity contribution < 1.29 is 28.6 Å². The second kappa shape index (κ2) is 10.7. The molecule has 3 aliphatic heterocycles. The summed E-state index contributed by atoms with van der Waals surface area (Å²) in [6.07, 6.45) is 5.88. The van der Waals surface area contributed by atoms with Crippen molar-refractivity contribution in [1.82, 2.24) is 15.1 Å². The number of fused-ring (bicyclic) bond motifs is 1. The van der Waals surface area contributed by atoms with Crippen LogP contribution < -0.4 is 24.4 Å². The fourth-order valence-corrected chi connectivity index (χ4v) is 5.68. The second-order valence-electron chi connectivity index (χ2n) is 9.54. The summed E-state index contributed by atoms with van der Waals surface area (Å²) >= 11 is 0. The molecule has 3 saturated heterocycles. The molecule has 3 heterocycles. The first-order valence-electron chi connectivity index (χ1n) is 12.3. The van der Waals surface area contributed by atoms with Gasteiger partial charge in [0.25, 0.3) is 5.91 Å². The molecule has 1 N–H and O–H groups in total. The molecule has 3 unspecified atom stereocenters. The Hall–Kier alpha value is -3.01. The van der Waals surface area contributed by atoms with Crippen molar-refractivity contribution in [2.45, 2.75) is 50.6 Å². The molecule has 0 radical (unpaired) electrons. The Labute approximate surface area is 206 Å². The summed E-state index contributed by atoms with van der Waals surface area (Å²) in [4.78, 5) is 44.2. The highest BCUT2D eigenvalue weighted by Crippen LogP contribution is 2.41. The standard InChI is InChI=1S/C25H36N4O6/c1-27(15-16-8-7-11-28-10-6-5-9-19(16)28)22(30)14-18-24(31)29(25(32)26-18)17-12-20(33-2)23(35-4)21(13-17)34-3/h12-13,16,18-19H,5-11,14-15H2,1-4H3,(H,26,32). The zero-order valence-corrected chi connectivity index (χ0v) is 21.0. The van der Waals surface area contributed by atoms with E-state index in [0.29, 0.717) is 35.8 Å². The molecule has 3 aliphatic rings. The number of anilines is 1. The number of ether oxygens (including phenoxy) is 3. The molecule has 1 aromatic rings. The highest BCUT2D eigenvalue weighted by molar-refractivity contribution is 6.22. The van der Waals surface area contributed by atoms with Crippen LogP contribution in [0.3, 0.4) is 0 Å². The number of amides is 4. The van der Waals surface area contributed by atoms with E-state index in [4.69, 9.17) is 14.2 Å². The molecular weight excluding hydrogens is 452 g/mol. The van der Waals surface area contributed by atoms with Crippen molar-refractivity contribution in [3.63, 3.8) is 0 Å². The molecule has 0 aromatic heterocycles. The number of carbonyl (C=O) groups excluding carboxylic acids is 3. The lowest BCUT2D eigenvalue weighted by Gasteiger charge is -2.45. The van der Waals surface area contributed by atoms with Gasteiger partial charge in [0.1, 0.15) is 6.04 Å². The molecular formula is C25H36N4O6. The van der Waals surface area contributed by atoms with Gasteiger partial charge >= 0.3 is 6.03 Å². The SMILES string of the molecule is COc1cc(N2C(=O)NC(CC(=O)N(C)CC3CCCN4CCCCC34)C2=O)cc(OC)c1OC. The van der Waals surface area contributed by atoms with Crippen molar-refractivity contribution >= 4 is 23.5 Å². The van der Waals surface area contributed by atoms with E-state index >= 15 is 0 Å². The van der Waals surface area contributed by atoms with Crippen LogP contribution in [0.2, 0.25) is 0 Å². The first-order valence-corrected chi connectivity index (χ1v) is 12.3. The van der Waals surface area contributed by atoms with Crippen LogP contribution in [-0.2, 0) is 9.59 Å². The molecule has 3 atom stereocenters. The van der Waals surface area contributed by atoms with Crippen LogP contribution in [0.15, 0.2) is 12.1 Å². The Morgan fingerprint density at radius 3 is 2.37 bits per heavy atom. The molecule has 35 heavy (non-hydrogen) atoms. The van der Waals surface area contributed by atoms with Crippen molar-refractivity contribution in [2.24, 2.45) is 5.92 Å². The van der Waals surface area contributed by atoms with Crippen molar-refractivity contribution in [3.8, 4) is 17.2 Å². The normalized spacial score (nSPS) is 24.6. The number of urea groups is 1. The third-order valence-electron chi connectivity index (χ3n) is 7.47. The van der Waals surface area contributed by atoms with Gasteiger partial charge in [0.2, 0.25) is 11.7 Å². The molecule has 3 fully saturated rings. The zero-order chi connectivity index (χ0) is 25.1. The minimum absolute atomic E-state index is 0.0803. The first-order chi connectivity index (χ1) is 16.9. The summed E-state index contributed by atoms with van der Waals surface area (Å²) in [6, 6.07) is 2.10. The number of carbonyl (C=O) groups is 3. The van der Waals surface area contributed by atoms with Gasteiger partial charge in [-0.05, 0) is 44.7 Å². The smallest absolute Gasteiger partial charge is 0.329 e. The van der Waals surface area contributed by atoms with E-state index in [1.54, 1.807) is 11.9 Å². The van der Waals surface area contributed by atoms with Crippen LogP contribution in [-0.4, -0.2) is 87.7 Å². The van der Waals surface area contributed by atoms with E-state index in [2.05, 4.69) is 10.2 Å². The lowest BCUT2D eigenvalue weighted by atomic mass is 9.83. The Morgan fingerprint density at radius 2 is 1.71 bits per heavy atom. The number of rotatable bonds is 8. The number of methoxy groups -OCH3 is 3. The minimum atomic E-state index is -0.922. The highest BCUT2D eigenvalue weighted by atomic mass is 16.5. The van der Waals surface area contributed by atoms with Crippen molar-refractivity contribution in [1.29, 1.82) is 0 Å². The van der Waals surface area contributed by atoms with Gasteiger partial charge in [0.15, 0.2) is 11.5 Å². The lowest BCUT2D eigenvalue weighted by Crippen LogP contribution is -2.51. The molecule has 192 valence electrons. The zero-order valence-electron chi connectivity index (χ0n) is 21.0. The summed E-state index contributed by atoms with van der Waals surface area (Å²) in [5, 5.41) is 2.66. The molecule has 0 bridgehead atoms. The number of benzene rings is 1. The third-order valence-corrected chi connectivity index (χ3v) is 7.47. The number of hydrogen-bond acceptors (Lipinski definition) is 7. The molecule has 0 saturated carbocycles. The van der Waals surface area contributed by atoms with E-state index < -0.39 is 18.0 Å². The molecule has 0 spiro atoms. The van der Waals surface area contributed by atoms with Gasteiger partial charge in [-0.15, -0.1) is 0 Å². The summed E-state index contributed by atoms with van der Waals surface area (Å²) in [5.74, 6) is 0.823. The topological polar surface area (TPSA) is 101 Å². The van der Waals surface area contributed by atoms with E-state index in [1.165, 1.54) is 52.7 Å². The van der Waals surface area contributed by atoms with Crippen molar-refractivity contribution in [2.75, 3.05) is 52.9 Å². The highest BCUT2D eigenvalue weighted by Gasteiger charge is 2.42. The Bertz CT molecular complexity index is 942. The minimum Gasteiger partial charge on any atom is -0.493 e. The van der Waals surface area contributed by atoms with Gasteiger partial charge < -0.3 is 29.3 Å². The summed E-state index contributed by atoms with van der Waals surface area (Å²) in [6.45, 7) is 2.97. The van der Waals surface area contributed by atoms with E-state index in [1.807, 2.05) is 0 Å². The van der Waals surface area contributed by atoms with Crippen LogP contribution in [0, 0.1) is 5.92 Å². The lowest BCUT2D eigenvalue weighted by molar-refractivity contribution is -0.133. The second-order valence-corrected chi connectivity index (χ2v) is 9.54. The summed E-state index contributed by atoms with van der Waals surface area (Å²) in [7, 11) is 6.19. The maximum atomic E-state index is 13.2. The van der Waals surface area contributed by atoms with Gasteiger partial charge in [-0.1, -0.05) is 6.42 Å². The number of imide groups is 1. The van der Waals surface area contributed by atoms with Crippen LogP contribution in [0.4, 0.5) is 10.5 Å². The monoisotopic (exact) mass is 488 g/mol. The first kappa shape index (κ1) is 25.1.